The molecule has 0 saturated carbocycles. The number of carbonyl (C=O) groups is 2. The van der Waals surface area contributed by atoms with Crippen molar-refractivity contribution < 1.29 is 26.7 Å². The summed E-state index contributed by atoms with van der Waals surface area (Å²) in [7, 11) is 0. The van der Waals surface area contributed by atoms with E-state index in [-0.39, 0.29) is 17.1 Å². The molecule has 7 heteroatoms. The molecule has 1 radical (unpaired) electrons. The summed E-state index contributed by atoms with van der Waals surface area (Å²) in [6, 6.07) is 9.11. The molecule has 0 aliphatic rings. The first-order valence-electron chi connectivity index (χ1n) is 4.52. The van der Waals surface area contributed by atoms with Gasteiger partial charge < -0.3 is 45.9 Å². The topological polar surface area (TPSA) is 72.2 Å². The number of para-hydroxylation sites is 1. The van der Waals surface area contributed by atoms with E-state index in [4.69, 9.17) is 4.79 Å². The average molecular weight is 322 g/mol. The van der Waals surface area contributed by atoms with E-state index in [1.807, 2.05) is 32.0 Å². The van der Waals surface area contributed by atoms with E-state index in [9.17, 15) is 4.79 Å². The van der Waals surface area contributed by atoms with E-state index < -0.39 is 10.5 Å². The number of amides is 2. The van der Waals surface area contributed by atoms with Crippen molar-refractivity contribution in [1.82, 2.24) is 0 Å². The Labute approximate surface area is 123 Å². The summed E-state index contributed by atoms with van der Waals surface area (Å²) in [6.07, 6.45) is 0. The van der Waals surface area contributed by atoms with Crippen LogP contribution in [0, 0.1) is 0 Å². The van der Waals surface area contributed by atoms with Crippen molar-refractivity contribution in [3.05, 3.63) is 30.3 Å². The van der Waals surface area contributed by atoms with Gasteiger partial charge in [-0.2, -0.15) is 0 Å². The molecule has 0 aromatic heterocycles. The number of primary amides is 1. The molecular weight excluding hydrogens is 308 g/mol. The van der Waals surface area contributed by atoms with Crippen LogP contribution in [0.4, 0.5) is 15.3 Å². The Balaban J connectivity index is -0.000000242. The fourth-order valence-corrected chi connectivity index (χ4v) is 0.757. The zero-order chi connectivity index (χ0) is 13.0. The third kappa shape index (κ3) is 21.0. The zero-order valence-corrected chi connectivity index (χ0v) is 12.0. The Morgan fingerprint density at radius 1 is 1.12 bits per heavy atom. The largest absolute Gasteiger partial charge is 2.00 e. The van der Waals surface area contributed by atoms with Gasteiger partial charge in [0, 0.05) is 5.69 Å². The Morgan fingerprint density at radius 2 is 1.47 bits per heavy atom. The van der Waals surface area contributed by atoms with Crippen LogP contribution >= 0.6 is 0 Å². The molecule has 1 aromatic rings. The molecule has 1 rings (SSSR count). The van der Waals surface area contributed by atoms with Gasteiger partial charge in [-0.15, -0.1) is 0 Å². The van der Waals surface area contributed by atoms with Gasteiger partial charge in [-0.3, -0.25) is 0 Å². The molecule has 3 N–H and O–H groups in total. The van der Waals surface area contributed by atoms with Gasteiger partial charge in [-0.25, -0.2) is 0 Å². The van der Waals surface area contributed by atoms with Crippen molar-refractivity contribution in [3.63, 3.8) is 0 Å². The van der Waals surface area contributed by atoms with Crippen molar-refractivity contribution in [1.29, 1.82) is 0 Å². The van der Waals surface area contributed by atoms with Gasteiger partial charge >= 0.3 is 17.1 Å². The fourth-order valence-electron chi connectivity index (χ4n) is 0.639. The molecule has 0 aliphatic carbocycles. The minimum absolute atomic E-state index is 0. The minimum Gasteiger partial charge on any atom is -0.719 e. The second-order valence-corrected chi connectivity index (χ2v) is 2.87. The first-order valence-corrected chi connectivity index (χ1v) is 5.33. The maximum absolute atomic E-state index is 10.3. The van der Waals surface area contributed by atoms with Crippen LogP contribution in [0.15, 0.2) is 30.3 Å². The Hall–Kier alpha value is -0.881. The quantitative estimate of drug-likeness (QED) is 0.615. The molecule has 0 bridgehead atoms. The minimum atomic E-state index is -0.750. The summed E-state index contributed by atoms with van der Waals surface area (Å²) >= 11 is 8.07. The van der Waals surface area contributed by atoms with Gasteiger partial charge in [-0.05, 0) is 12.1 Å². The van der Waals surface area contributed by atoms with Crippen LogP contribution in [0.5, 0.6) is 0 Å². The molecule has 0 unspecified atom stereocenters. The Kier molecular flexibility index (Phi) is 19.0. The van der Waals surface area contributed by atoms with Crippen molar-refractivity contribution in [2.24, 2.45) is 5.73 Å². The van der Waals surface area contributed by atoms with Crippen LogP contribution in [0.25, 0.3) is 0 Å². The smallest absolute Gasteiger partial charge is 0.719 e. The predicted octanol–water partition coefficient (Wildman–Crippen LogP) is 2.40. The van der Waals surface area contributed by atoms with E-state index in [2.05, 4.69) is 36.3 Å². The molecular formula is C10H14CuN2O2S2. The van der Waals surface area contributed by atoms with Crippen molar-refractivity contribution in [3.8, 4) is 0 Å². The molecule has 0 aliphatic heterocycles. The number of anilines is 1. The molecule has 0 saturated heterocycles. The maximum Gasteiger partial charge on any atom is 2.00 e. The molecule has 0 fully saturated rings. The second-order valence-electron chi connectivity index (χ2n) is 2.10. The standard InChI is InChI=1S/C7H7NOS.C2H6.CH3NOS.Cu/c9-7(10)8-6-4-2-1-3-5-6;1-2;2-1(3)4;/h1-5H,(H2,8,9,10);1-2H3;(H3,2,3,4);/q;;;+2/p-2. The van der Waals surface area contributed by atoms with E-state index in [0.717, 1.165) is 5.69 Å². The molecule has 0 spiro atoms. The third-order valence-corrected chi connectivity index (χ3v) is 1.12. The molecule has 1 aromatic carbocycles. The Bertz CT molecular complexity index is 306. The predicted molar refractivity (Wildman–Crippen MR) is 71.1 cm³/mol. The van der Waals surface area contributed by atoms with Crippen LogP contribution in [0.2, 0.25) is 0 Å². The van der Waals surface area contributed by atoms with Crippen LogP contribution in [0.3, 0.4) is 0 Å². The van der Waals surface area contributed by atoms with Crippen molar-refractivity contribution in [2.75, 3.05) is 5.32 Å². The number of hydrogen-bond acceptors (Lipinski definition) is 4. The molecule has 0 atom stereocenters. The Morgan fingerprint density at radius 3 is 1.76 bits per heavy atom. The van der Waals surface area contributed by atoms with Gasteiger partial charge in [0.15, 0.2) is 0 Å². The number of benzene rings is 1. The zero-order valence-electron chi connectivity index (χ0n) is 9.40. The van der Waals surface area contributed by atoms with E-state index >= 15 is 0 Å². The SMILES string of the molecule is CC.NC(=O)[S-].O=C([S-])Nc1ccccc1.[Cu+2]. The van der Waals surface area contributed by atoms with E-state index in [1.165, 1.54) is 0 Å². The van der Waals surface area contributed by atoms with Gasteiger partial charge in [0.25, 0.3) is 0 Å². The number of carbonyl (C=O) groups excluding carboxylic acids is 2. The summed E-state index contributed by atoms with van der Waals surface area (Å²) in [5, 5.41) is 1.28. The monoisotopic (exact) mass is 321 g/mol. The second kappa shape index (κ2) is 15.1. The third-order valence-electron chi connectivity index (χ3n) is 1.02. The summed E-state index contributed by atoms with van der Waals surface area (Å²) in [4.78, 5) is 19.4. The van der Waals surface area contributed by atoms with E-state index in [0.29, 0.717) is 0 Å². The van der Waals surface area contributed by atoms with E-state index in [1.54, 1.807) is 12.1 Å². The van der Waals surface area contributed by atoms with Gasteiger partial charge in [0.1, 0.15) is 5.24 Å². The summed E-state index contributed by atoms with van der Waals surface area (Å²) < 4.78 is 0. The summed E-state index contributed by atoms with van der Waals surface area (Å²) in [5.74, 6) is 0. The summed E-state index contributed by atoms with van der Waals surface area (Å²) in [5.41, 5.74) is 5.03. The van der Waals surface area contributed by atoms with Gasteiger partial charge in [0.2, 0.25) is 0 Å². The number of hydrogen-bond donors (Lipinski definition) is 2. The molecule has 17 heavy (non-hydrogen) atoms. The molecule has 4 nitrogen and oxygen atoms in total. The van der Waals surface area contributed by atoms with Gasteiger partial charge in [-0.1, -0.05) is 32.0 Å². The fraction of sp³-hybridized carbons (Fsp3) is 0.200. The van der Waals surface area contributed by atoms with Crippen LogP contribution in [-0.4, -0.2) is 10.5 Å². The van der Waals surface area contributed by atoms with Crippen LogP contribution in [0.1, 0.15) is 13.8 Å². The number of rotatable bonds is 1. The molecule has 0 heterocycles. The normalized spacial score (nSPS) is 6.94. The molecule has 99 valence electrons. The first-order chi connectivity index (χ1) is 7.52. The van der Waals surface area contributed by atoms with Crippen LogP contribution < -0.4 is 11.1 Å². The van der Waals surface area contributed by atoms with Gasteiger partial charge in [0.05, 0.1) is 5.24 Å². The average Bonchev–Trinajstić information content (AvgIpc) is 2.20. The summed E-state index contributed by atoms with van der Waals surface area (Å²) in [6.45, 7) is 4.00. The number of nitrogens with one attached hydrogen (secondary N) is 1. The number of nitrogens with two attached hydrogens (primary N) is 1. The van der Waals surface area contributed by atoms with Crippen molar-refractivity contribution in [2.45, 2.75) is 13.8 Å². The first kappa shape index (κ1) is 21.4. The molecule has 2 amide bonds. The van der Waals surface area contributed by atoms with Crippen molar-refractivity contribution >= 4 is 41.4 Å². The van der Waals surface area contributed by atoms with Crippen LogP contribution in [-0.2, 0) is 42.3 Å². The maximum atomic E-state index is 10.3.